The van der Waals surface area contributed by atoms with Gasteiger partial charge in [-0.25, -0.2) is 4.99 Å². The van der Waals surface area contributed by atoms with E-state index in [0.29, 0.717) is 19.3 Å². The molecule has 0 amide bonds. The Kier molecular flexibility index (Phi) is 9.56. The monoisotopic (exact) mass is 514 g/mol. The SMILES string of the molecule is CCNC(=NCc1cc(C(CC)CC)no1)NCCc1ccc2c(c1)OCO2.I. The number of hydrogen-bond acceptors (Lipinski definition) is 5. The molecule has 0 saturated carbocycles. The topological polar surface area (TPSA) is 80.9 Å². The predicted molar refractivity (Wildman–Crippen MR) is 124 cm³/mol. The Balaban J connectivity index is 0.00000300. The molecule has 0 spiro atoms. The maximum Gasteiger partial charge on any atom is 0.231 e. The van der Waals surface area contributed by atoms with Crippen LogP contribution in [0, 0.1) is 0 Å². The van der Waals surface area contributed by atoms with Gasteiger partial charge in [0.15, 0.2) is 23.2 Å². The molecule has 0 aliphatic carbocycles. The number of nitrogens with zero attached hydrogens (tertiary/aromatic N) is 2. The van der Waals surface area contributed by atoms with Gasteiger partial charge in [0, 0.05) is 25.1 Å². The number of aliphatic imine (C=N–C) groups is 1. The summed E-state index contributed by atoms with van der Waals surface area (Å²) in [6, 6.07) is 8.07. The lowest BCUT2D eigenvalue weighted by atomic mass is 9.99. The lowest BCUT2D eigenvalue weighted by Crippen LogP contribution is -2.38. The summed E-state index contributed by atoms with van der Waals surface area (Å²) >= 11 is 0. The average Bonchev–Trinajstić information content (AvgIpc) is 3.36. The Morgan fingerprint density at radius 1 is 1.10 bits per heavy atom. The molecule has 0 fully saturated rings. The van der Waals surface area contributed by atoms with Gasteiger partial charge >= 0.3 is 0 Å². The number of guanidine groups is 1. The van der Waals surface area contributed by atoms with E-state index in [9.17, 15) is 0 Å². The van der Waals surface area contributed by atoms with Gasteiger partial charge in [0.05, 0.1) is 5.69 Å². The highest BCUT2D eigenvalue weighted by Gasteiger charge is 2.14. The van der Waals surface area contributed by atoms with E-state index in [1.165, 1.54) is 5.56 Å². The number of aromatic nitrogens is 1. The molecule has 0 radical (unpaired) electrons. The van der Waals surface area contributed by atoms with Crippen LogP contribution in [0.2, 0.25) is 0 Å². The van der Waals surface area contributed by atoms with Gasteiger partial charge < -0.3 is 24.6 Å². The first-order valence-electron chi connectivity index (χ1n) is 10.1. The number of benzene rings is 1. The van der Waals surface area contributed by atoms with Crippen molar-refractivity contribution in [3.8, 4) is 11.5 Å². The Bertz CT molecular complexity index is 790. The van der Waals surface area contributed by atoms with Gasteiger partial charge in [0.1, 0.15) is 6.54 Å². The Hall–Kier alpha value is -1.97. The van der Waals surface area contributed by atoms with Crippen LogP contribution in [-0.4, -0.2) is 31.0 Å². The number of rotatable bonds is 9. The molecule has 1 aromatic carbocycles. The molecule has 2 aromatic rings. The van der Waals surface area contributed by atoms with Crippen molar-refractivity contribution in [2.75, 3.05) is 19.9 Å². The summed E-state index contributed by atoms with van der Waals surface area (Å²) in [5.74, 6) is 3.64. The first-order chi connectivity index (χ1) is 13.7. The van der Waals surface area contributed by atoms with Crippen molar-refractivity contribution in [3.05, 3.63) is 41.3 Å². The van der Waals surface area contributed by atoms with Crippen LogP contribution < -0.4 is 20.1 Å². The van der Waals surface area contributed by atoms with Crippen molar-refractivity contribution >= 4 is 29.9 Å². The lowest BCUT2D eigenvalue weighted by molar-refractivity contribution is 0.174. The van der Waals surface area contributed by atoms with Crippen molar-refractivity contribution in [1.82, 2.24) is 15.8 Å². The molecule has 3 rings (SSSR count). The fourth-order valence-corrected chi connectivity index (χ4v) is 3.22. The van der Waals surface area contributed by atoms with E-state index in [2.05, 4.69) is 47.6 Å². The van der Waals surface area contributed by atoms with Gasteiger partial charge in [-0.15, -0.1) is 24.0 Å². The molecule has 29 heavy (non-hydrogen) atoms. The highest BCUT2D eigenvalue weighted by molar-refractivity contribution is 14.0. The number of halogens is 1. The summed E-state index contributed by atoms with van der Waals surface area (Å²) in [6.45, 7) is 8.73. The maximum atomic E-state index is 5.46. The summed E-state index contributed by atoms with van der Waals surface area (Å²) in [5, 5.41) is 10.8. The first-order valence-corrected chi connectivity index (χ1v) is 10.1. The van der Waals surface area contributed by atoms with Gasteiger partial charge in [-0.1, -0.05) is 25.1 Å². The van der Waals surface area contributed by atoms with Gasteiger partial charge in [-0.2, -0.15) is 0 Å². The van der Waals surface area contributed by atoms with E-state index in [0.717, 1.165) is 61.3 Å². The highest BCUT2D eigenvalue weighted by Crippen LogP contribution is 2.32. The Morgan fingerprint density at radius 3 is 2.66 bits per heavy atom. The van der Waals surface area contributed by atoms with Crippen molar-refractivity contribution in [3.63, 3.8) is 0 Å². The van der Waals surface area contributed by atoms with E-state index >= 15 is 0 Å². The van der Waals surface area contributed by atoms with Crippen LogP contribution in [0.1, 0.15) is 56.5 Å². The maximum absolute atomic E-state index is 5.46. The number of hydrogen-bond donors (Lipinski definition) is 2. The zero-order valence-corrected chi connectivity index (χ0v) is 19.7. The van der Waals surface area contributed by atoms with Crippen LogP contribution >= 0.6 is 24.0 Å². The molecule has 0 bridgehead atoms. The summed E-state index contributed by atoms with van der Waals surface area (Å²) in [6.07, 6.45) is 2.99. The van der Waals surface area contributed by atoms with Crippen molar-refractivity contribution in [2.24, 2.45) is 4.99 Å². The van der Waals surface area contributed by atoms with Crippen LogP contribution in [0.5, 0.6) is 11.5 Å². The minimum atomic E-state index is 0. The molecule has 0 unspecified atom stereocenters. The van der Waals surface area contributed by atoms with E-state index in [-0.39, 0.29) is 24.0 Å². The van der Waals surface area contributed by atoms with Gasteiger partial charge in [-0.3, -0.25) is 0 Å². The number of nitrogens with one attached hydrogen (secondary N) is 2. The summed E-state index contributed by atoms with van der Waals surface area (Å²) in [4.78, 5) is 4.61. The second-order valence-corrected chi connectivity index (χ2v) is 6.79. The van der Waals surface area contributed by atoms with E-state index < -0.39 is 0 Å². The summed E-state index contributed by atoms with van der Waals surface area (Å²) in [5.41, 5.74) is 2.22. The third-order valence-corrected chi connectivity index (χ3v) is 4.86. The molecule has 0 saturated heterocycles. The quantitative estimate of drug-likeness (QED) is 0.296. The van der Waals surface area contributed by atoms with Crippen LogP contribution in [0.15, 0.2) is 33.8 Å². The minimum absolute atomic E-state index is 0. The zero-order chi connectivity index (χ0) is 19.8. The molecular formula is C21H31IN4O3. The normalized spacial score (nSPS) is 12.8. The molecule has 2 heterocycles. The van der Waals surface area contributed by atoms with Gasteiger partial charge in [0.25, 0.3) is 0 Å². The van der Waals surface area contributed by atoms with Crippen LogP contribution in [-0.2, 0) is 13.0 Å². The lowest BCUT2D eigenvalue weighted by Gasteiger charge is -2.11. The fourth-order valence-electron chi connectivity index (χ4n) is 3.22. The first kappa shape index (κ1) is 23.3. The molecule has 7 nitrogen and oxygen atoms in total. The Labute approximate surface area is 189 Å². The van der Waals surface area contributed by atoms with Gasteiger partial charge in [0.2, 0.25) is 6.79 Å². The molecule has 160 valence electrons. The third-order valence-electron chi connectivity index (χ3n) is 4.86. The summed E-state index contributed by atoms with van der Waals surface area (Å²) in [7, 11) is 0. The predicted octanol–water partition coefficient (Wildman–Crippen LogP) is 4.22. The van der Waals surface area contributed by atoms with Crippen molar-refractivity contribution in [2.45, 2.75) is 52.5 Å². The number of fused-ring (bicyclic) bond motifs is 1. The molecule has 1 aliphatic heterocycles. The smallest absolute Gasteiger partial charge is 0.231 e. The minimum Gasteiger partial charge on any atom is -0.454 e. The number of ether oxygens (including phenoxy) is 2. The van der Waals surface area contributed by atoms with Crippen LogP contribution in [0.3, 0.4) is 0 Å². The van der Waals surface area contributed by atoms with E-state index in [1.807, 2.05) is 18.2 Å². The van der Waals surface area contributed by atoms with Crippen LogP contribution in [0.25, 0.3) is 0 Å². The average molecular weight is 514 g/mol. The second kappa shape index (κ2) is 11.9. The largest absolute Gasteiger partial charge is 0.454 e. The van der Waals surface area contributed by atoms with E-state index in [4.69, 9.17) is 14.0 Å². The molecule has 8 heteroatoms. The summed E-state index contributed by atoms with van der Waals surface area (Å²) < 4.78 is 16.2. The molecule has 0 atom stereocenters. The van der Waals surface area contributed by atoms with E-state index in [1.54, 1.807) is 0 Å². The third kappa shape index (κ3) is 6.52. The van der Waals surface area contributed by atoms with Crippen molar-refractivity contribution < 1.29 is 14.0 Å². The zero-order valence-electron chi connectivity index (χ0n) is 17.4. The molecule has 2 N–H and O–H groups in total. The molecular weight excluding hydrogens is 483 g/mol. The highest BCUT2D eigenvalue weighted by atomic mass is 127. The molecule has 1 aliphatic rings. The van der Waals surface area contributed by atoms with Gasteiger partial charge in [-0.05, 0) is 43.9 Å². The Morgan fingerprint density at radius 2 is 1.90 bits per heavy atom. The molecule has 1 aromatic heterocycles. The van der Waals surface area contributed by atoms with Crippen molar-refractivity contribution in [1.29, 1.82) is 0 Å². The second-order valence-electron chi connectivity index (χ2n) is 6.79. The van der Waals surface area contributed by atoms with Crippen LogP contribution in [0.4, 0.5) is 0 Å². The fraction of sp³-hybridized carbons (Fsp3) is 0.524. The standard InChI is InChI=1S/C21H30N4O3.HI/c1-4-16(5-2)18-12-17(28-25-18)13-24-21(22-6-3)23-10-9-15-7-8-19-20(11-15)27-14-26-19;/h7-8,11-12,16H,4-6,9-10,13-14H2,1-3H3,(H2,22,23,24);1H.